The fraction of sp³-hybridized carbons (Fsp3) is 0.167. The van der Waals surface area contributed by atoms with Crippen molar-refractivity contribution < 1.29 is 0 Å². The van der Waals surface area contributed by atoms with Crippen molar-refractivity contribution >= 4 is 6.21 Å². The first kappa shape index (κ1) is 5.09. The van der Waals surface area contributed by atoms with Crippen molar-refractivity contribution in [1.29, 1.82) is 0 Å². The van der Waals surface area contributed by atoms with Crippen molar-refractivity contribution in [2.24, 2.45) is 16.9 Å². The molecular formula is C6H8N2. The Morgan fingerprint density at radius 1 is 1.38 bits per heavy atom. The summed E-state index contributed by atoms with van der Waals surface area (Å²) in [4.78, 5) is 0. The first-order chi connectivity index (χ1) is 3.93. The van der Waals surface area contributed by atoms with Crippen LogP contribution < -0.4 is 5.84 Å². The molecule has 2 heteroatoms. The summed E-state index contributed by atoms with van der Waals surface area (Å²) < 4.78 is 0. The standard InChI is InChI=1S/C6H8N2/c7-8-5-6-3-1-2-4-6/h1-6H,7H2/b8-5+. The molecule has 0 bridgehead atoms. The fourth-order valence-corrected chi connectivity index (χ4v) is 0.648. The highest BCUT2D eigenvalue weighted by Crippen LogP contribution is 2.04. The van der Waals surface area contributed by atoms with Gasteiger partial charge in [0.05, 0.1) is 0 Å². The van der Waals surface area contributed by atoms with E-state index in [4.69, 9.17) is 5.84 Å². The maximum atomic E-state index is 4.91. The number of hydrazone groups is 1. The van der Waals surface area contributed by atoms with Crippen molar-refractivity contribution in [3.63, 3.8) is 0 Å². The summed E-state index contributed by atoms with van der Waals surface area (Å²) >= 11 is 0. The van der Waals surface area contributed by atoms with Gasteiger partial charge in [0.25, 0.3) is 0 Å². The predicted octanol–water partition coefficient (Wildman–Crippen LogP) is 0.673. The summed E-state index contributed by atoms with van der Waals surface area (Å²) in [5, 5.41) is 3.39. The largest absolute Gasteiger partial charge is 0.324 e. The number of allylic oxidation sites excluding steroid dienone is 4. The molecule has 0 aromatic heterocycles. The molecule has 2 nitrogen and oxygen atoms in total. The maximum absolute atomic E-state index is 4.91. The second-order valence-electron chi connectivity index (χ2n) is 1.65. The zero-order valence-corrected chi connectivity index (χ0v) is 4.49. The van der Waals surface area contributed by atoms with Crippen LogP contribution in [0.25, 0.3) is 0 Å². The molecule has 0 heterocycles. The average Bonchev–Trinajstić information content (AvgIpc) is 2.19. The molecule has 0 radical (unpaired) electrons. The summed E-state index contributed by atoms with van der Waals surface area (Å²) in [5.74, 6) is 5.24. The van der Waals surface area contributed by atoms with Crippen LogP contribution in [0.15, 0.2) is 29.4 Å². The van der Waals surface area contributed by atoms with Crippen molar-refractivity contribution in [3.8, 4) is 0 Å². The molecule has 0 aliphatic heterocycles. The number of hydrogen-bond acceptors (Lipinski definition) is 2. The van der Waals surface area contributed by atoms with Crippen LogP contribution in [0.1, 0.15) is 0 Å². The number of nitrogens with zero attached hydrogens (tertiary/aromatic N) is 1. The summed E-state index contributed by atoms with van der Waals surface area (Å²) in [5.41, 5.74) is 0. The van der Waals surface area contributed by atoms with Crippen LogP contribution in [0.3, 0.4) is 0 Å². The van der Waals surface area contributed by atoms with Gasteiger partial charge in [0.1, 0.15) is 0 Å². The molecule has 0 saturated heterocycles. The van der Waals surface area contributed by atoms with Crippen LogP contribution in [0, 0.1) is 5.92 Å². The van der Waals surface area contributed by atoms with Crippen molar-refractivity contribution in [2.45, 2.75) is 0 Å². The van der Waals surface area contributed by atoms with Gasteiger partial charge >= 0.3 is 0 Å². The third-order valence-electron chi connectivity index (χ3n) is 1.04. The lowest BCUT2D eigenvalue weighted by molar-refractivity contribution is 1.14. The second-order valence-corrected chi connectivity index (χ2v) is 1.65. The van der Waals surface area contributed by atoms with Crippen LogP contribution in [-0.4, -0.2) is 6.21 Å². The minimum atomic E-state index is 0.333. The highest BCUT2D eigenvalue weighted by atomic mass is 15.1. The molecule has 0 saturated carbocycles. The van der Waals surface area contributed by atoms with E-state index in [9.17, 15) is 0 Å². The van der Waals surface area contributed by atoms with Crippen LogP contribution in [0.4, 0.5) is 0 Å². The van der Waals surface area contributed by atoms with Gasteiger partial charge in [-0.2, -0.15) is 5.10 Å². The molecule has 8 heavy (non-hydrogen) atoms. The zero-order valence-electron chi connectivity index (χ0n) is 4.49. The van der Waals surface area contributed by atoms with E-state index >= 15 is 0 Å². The number of rotatable bonds is 1. The molecule has 42 valence electrons. The van der Waals surface area contributed by atoms with Crippen LogP contribution in [-0.2, 0) is 0 Å². The van der Waals surface area contributed by atoms with Gasteiger partial charge in [-0.1, -0.05) is 24.3 Å². The minimum absolute atomic E-state index is 0.333. The van der Waals surface area contributed by atoms with Crippen LogP contribution in [0.2, 0.25) is 0 Å². The highest BCUT2D eigenvalue weighted by Gasteiger charge is 1.96. The Morgan fingerprint density at radius 3 is 2.50 bits per heavy atom. The number of hydrogen-bond donors (Lipinski definition) is 1. The Balaban J connectivity index is 2.49. The predicted molar refractivity (Wildman–Crippen MR) is 34.4 cm³/mol. The SMILES string of the molecule is N/N=C/C1C=CC=C1. The molecule has 1 aliphatic carbocycles. The van der Waals surface area contributed by atoms with Crippen LogP contribution >= 0.6 is 0 Å². The lowest BCUT2D eigenvalue weighted by Crippen LogP contribution is -1.92. The molecule has 2 N–H and O–H groups in total. The van der Waals surface area contributed by atoms with E-state index < -0.39 is 0 Å². The molecule has 0 aromatic rings. The Labute approximate surface area is 48.4 Å². The highest BCUT2D eigenvalue weighted by molar-refractivity contribution is 5.66. The monoisotopic (exact) mass is 108 g/mol. The van der Waals surface area contributed by atoms with E-state index in [0.29, 0.717) is 5.92 Å². The van der Waals surface area contributed by atoms with E-state index in [0.717, 1.165) is 0 Å². The van der Waals surface area contributed by atoms with Crippen LogP contribution in [0.5, 0.6) is 0 Å². The molecule has 0 amide bonds. The molecule has 0 unspecified atom stereocenters. The van der Waals surface area contributed by atoms with Gasteiger partial charge in [0.2, 0.25) is 0 Å². The molecule has 0 fully saturated rings. The lowest BCUT2D eigenvalue weighted by Gasteiger charge is -1.88. The van der Waals surface area contributed by atoms with Gasteiger partial charge < -0.3 is 5.84 Å². The number of nitrogens with two attached hydrogens (primary N) is 1. The van der Waals surface area contributed by atoms with E-state index in [-0.39, 0.29) is 0 Å². The third kappa shape index (κ3) is 0.964. The summed E-state index contributed by atoms with van der Waals surface area (Å²) in [6.07, 6.45) is 9.70. The van der Waals surface area contributed by atoms with Gasteiger partial charge in [0.15, 0.2) is 0 Å². The molecule has 1 aliphatic rings. The average molecular weight is 108 g/mol. The van der Waals surface area contributed by atoms with Gasteiger partial charge in [-0.25, -0.2) is 0 Å². The van der Waals surface area contributed by atoms with Crippen molar-refractivity contribution in [3.05, 3.63) is 24.3 Å². The third-order valence-corrected chi connectivity index (χ3v) is 1.04. The Bertz CT molecular complexity index is 133. The van der Waals surface area contributed by atoms with Crippen molar-refractivity contribution in [1.82, 2.24) is 0 Å². The quantitative estimate of drug-likeness (QED) is 0.299. The summed E-state index contributed by atoms with van der Waals surface area (Å²) in [6.45, 7) is 0. The second kappa shape index (κ2) is 2.31. The van der Waals surface area contributed by atoms with E-state index in [2.05, 4.69) is 5.10 Å². The van der Waals surface area contributed by atoms with Crippen molar-refractivity contribution in [2.75, 3.05) is 0 Å². The van der Waals surface area contributed by atoms with Gasteiger partial charge in [-0.15, -0.1) is 0 Å². The molecule has 1 rings (SSSR count). The molecule has 0 atom stereocenters. The van der Waals surface area contributed by atoms with E-state index in [1.165, 1.54) is 0 Å². The minimum Gasteiger partial charge on any atom is -0.324 e. The first-order valence-corrected chi connectivity index (χ1v) is 2.52. The molecular weight excluding hydrogens is 100 g/mol. The summed E-state index contributed by atoms with van der Waals surface area (Å²) in [7, 11) is 0. The fourth-order valence-electron chi connectivity index (χ4n) is 0.648. The lowest BCUT2D eigenvalue weighted by atomic mass is 10.2. The van der Waals surface area contributed by atoms with Gasteiger partial charge in [-0.05, 0) is 0 Å². The summed E-state index contributed by atoms with van der Waals surface area (Å²) in [6, 6.07) is 0. The smallest absolute Gasteiger partial charge is 0.0347 e. The zero-order chi connectivity index (χ0) is 5.82. The Morgan fingerprint density at radius 2 is 2.00 bits per heavy atom. The van der Waals surface area contributed by atoms with E-state index in [1.807, 2.05) is 24.3 Å². The van der Waals surface area contributed by atoms with E-state index in [1.54, 1.807) is 6.21 Å². The maximum Gasteiger partial charge on any atom is 0.0347 e. The normalized spacial score (nSPS) is 19.0. The van der Waals surface area contributed by atoms with Gasteiger partial charge in [0, 0.05) is 12.1 Å². The molecule has 0 spiro atoms. The van der Waals surface area contributed by atoms with Gasteiger partial charge in [-0.3, -0.25) is 0 Å². The topological polar surface area (TPSA) is 38.4 Å². The Hall–Kier alpha value is -1.05. The first-order valence-electron chi connectivity index (χ1n) is 2.52. The Kier molecular flexibility index (Phi) is 1.47. The molecule has 0 aromatic carbocycles.